The van der Waals surface area contributed by atoms with E-state index >= 15 is 0 Å². The molecule has 0 radical (unpaired) electrons. The van der Waals surface area contributed by atoms with Crippen LogP contribution in [0.3, 0.4) is 0 Å². The number of hydrogen-bond donors (Lipinski definition) is 2. The molecule has 0 aromatic carbocycles. The first-order valence-corrected chi connectivity index (χ1v) is 7.24. The van der Waals surface area contributed by atoms with Crippen LogP contribution in [-0.4, -0.2) is 27.3 Å². The lowest BCUT2D eigenvalue weighted by molar-refractivity contribution is -0.135. The van der Waals surface area contributed by atoms with E-state index in [-0.39, 0.29) is 17.9 Å². The number of carbonyl (C=O) groups excluding carboxylic acids is 1. The van der Waals surface area contributed by atoms with Crippen molar-refractivity contribution in [1.82, 2.24) is 20.1 Å². The van der Waals surface area contributed by atoms with E-state index in [1.807, 2.05) is 36.0 Å². The lowest BCUT2D eigenvalue weighted by atomic mass is 9.91. The third-order valence-corrected chi connectivity index (χ3v) is 3.98. The van der Waals surface area contributed by atoms with E-state index in [1.165, 1.54) is 0 Å². The molecule has 0 aliphatic carbocycles. The number of aromatic amines is 1. The number of nitrogens with one attached hydrogen (secondary N) is 2. The number of ether oxygens (including phenoxy) is 1. The fourth-order valence-electron chi connectivity index (χ4n) is 2.77. The van der Waals surface area contributed by atoms with Crippen molar-refractivity contribution in [2.75, 3.05) is 6.61 Å². The van der Waals surface area contributed by atoms with Gasteiger partial charge in [-0.1, -0.05) is 0 Å². The molecule has 3 heterocycles. The molecule has 0 unspecified atom stereocenters. The topological polar surface area (TPSA) is 71.9 Å². The number of carbonyl (C=O) groups is 1. The van der Waals surface area contributed by atoms with Crippen LogP contribution in [0.15, 0.2) is 30.6 Å². The molecule has 2 atom stereocenters. The summed E-state index contributed by atoms with van der Waals surface area (Å²) in [6.07, 6.45) is 5.18. The van der Waals surface area contributed by atoms with Crippen LogP contribution in [0, 0.1) is 5.92 Å². The summed E-state index contributed by atoms with van der Waals surface area (Å²) in [5.41, 5.74) is 1.95. The van der Waals surface area contributed by atoms with E-state index in [2.05, 4.69) is 15.5 Å². The van der Waals surface area contributed by atoms with Gasteiger partial charge in [-0.2, -0.15) is 5.10 Å². The monoisotopic (exact) mass is 288 g/mol. The minimum absolute atomic E-state index is 0.0375. The predicted octanol–water partition coefficient (Wildman–Crippen LogP) is 1.53. The maximum atomic E-state index is 12.5. The molecule has 6 nitrogen and oxygen atoms in total. The SMILES string of the molecule is Cn1cccc1CNC(=O)[C@@H]1CCCO[C@H]1c1ccn[nH]1. The van der Waals surface area contributed by atoms with Gasteiger partial charge in [-0.05, 0) is 31.0 Å². The zero-order valence-corrected chi connectivity index (χ0v) is 12.1. The zero-order valence-electron chi connectivity index (χ0n) is 12.1. The largest absolute Gasteiger partial charge is 0.371 e. The first-order valence-electron chi connectivity index (χ1n) is 7.24. The van der Waals surface area contributed by atoms with Gasteiger partial charge in [0.15, 0.2) is 0 Å². The molecule has 1 aliphatic heterocycles. The molecule has 0 bridgehead atoms. The summed E-state index contributed by atoms with van der Waals surface area (Å²) in [5.74, 6) is -0.130. The molecule has 1 saturated heterocycles. The van der Waals surface area contributed by atoms with Crippen LogP contribution >= 0.6 is 0 Å². The Labute approximate surface area is 123 Å². The van der Waals surface area contributed by atoms with Crippen LogP contribution < -0.4 is 5.32 Å². The second-order valence-electron chi connectivity index (χ2n) is 5.38. The summed E-state index contributed by atoms with van der Waals surface area (Å²) >= 11 is 0. The van der Waals surface area contributed by atoms with Crippen molar-refractivity contribution < 1.29 is 9.53 Å². The fourth-order valence-corrected chi connectivity index (χ4v) is 2.77. The summed E-state index contributed by atoms with van der Waals surface area (Å²) < 4.78 is 7.78. The molecule has 6 heteroatoms. The van der Waals surface area contributed by atoms with Crippen molar-refractivity contribution in [2.45, 2.75) is 25.5 Å². The Kier molecular flexibility index (Phi) is 4.06. The number of amides is 1. The Morgan fingerprint density at radius 1 is 1.57 bits per heavy atom. The summed E-state index contributed by atoms with van der Waals surface area (Å²) in [6, 6.07) is 5.84. The predicted molar refractivity (Wildman–Crippen MR) is 77.3 cm³/mol. The third-order valence-electron chi connectivity index (χ3n) is 3.98. The van der Waals surface area contributed by atoms with E-state index in [1.54, 1.807) is 6.20 Å². The van der Waals surface area contributed by atoms with Crippen LogP contribution in [0.4, 0.5) is 0 Å². The molecule has 0 spiro atoms. The van der Waals surface area contributed by atoms with Gasteiger partial charge in [0.05, 0.1) is 18.2 Å². The number of rotatable bonds is 4. The Bertz CT molecular complexity index is 591. The molecule has 1 fully saturated rings. The minimum atomic E-state index is -0.227. The van der Waals surface area contributed by atoms with Gasteiger partial charge in [0.1, 0.15) is 6.10 Å². The van der Waals surface area contributed by atoms with Gasteiger partial charge in [0.2, 0.25) is 5.91 Å². The number of hydrogen-bond acceptors (Lipinski definition) is 3. The van der Waals surface area contributed by atoms with Crippen LogP contribution in [0.25, 0.3) is 0 Å². The van der Waals surface area contributed by atoms with E-state index in [9.17, 15) is 4.79 Å². The number of aryl methyl sites for hydroxylation is 1. The van der Waals surface area contributed by atoms with Gasteiger partial charge in [0.25, 0.3) is 0 Å². The lowest BCUT2D eigenvalue weighted by Crippen LogP contribution is -2.37. The summed E-state index contributed by atoms with van der Waals surface area (Å²) in [7, 11) is 1.97. The molecular formula is C15H20N4O2. The highest BCUT2D eigenvalue weighted by atomic mass is 16.5. The Hall–Kier alpha value is -2.08. The second kappa shape index (κ2) is 6.13. The highest BCUT2D eigenvalue weighted by Gasteiger charge is 2.33. The smallest absolute Gasteiger partial charge is 0.226 e. The van der Waals surface area contributed by atoms with E-state index < -0.39 is 0 Å². The van der Waals surface area contributed by atoms with Gasteiger partial charge in [0, 0.05) is 31.7 Å². The average Bonchev–Trinajstić information content (AvgIpc) is 3.16. The van der Waals surface area contributed by atoms with Crippen LogP contribution in [-0.2, 0) is 23.1 Å². The van der Waals surface area contributed by atoms with Gasteiger partial charge < -0.3 is 14.6 Å². The van der Waals surface area contributed by atoms with E-state index in [0.29, 0.717) is 13.2 Å². The number of nitrogens with zero attached hydrogens (tertiary/aromatic N) is 2. The van der Waals surface area contributed by atoms with Gasteiger partial charge in [-0.3, -0.25) is 9.89 Å². The van der Waals surface area contributed by atoms with Crippen molar-refractivity contribution in [1.29, 1.82) is 0 Å². The molecule has 1 aliphatic rings. The quantitative estimate of drug-likeness (QED) is 0.896. The molecule has 3 rings (SSSR count). The van der Waals surface area contributed by atoms with E-state index in [4.69, 9.17) is 4.74 Å². The molecule has 1 amide bonds. The summed E-state index contributed by atoms with van der Waals surface area (Å²) in [5, 5.41) is 9.87. The van der Waals surface area contributed by atoms with Gasteiger partial charge in [-0.25, -0.2) is 0 Å². The maximum absolute atomic E-state index is 12.5. The average molecular weight is 288 g/mol. The van der Waals surface area contributed by atoms with Crippen molar-refractivity contribution >= 4 is 5.91 Å². The van der Waals surface area contributed by atoms with Crippen LogP contribution in [0.2, 0.25) is 0 Å². The molecular weight excluding hydrogens is 268 g/mol. The third kappa shape index (κ3) is 3.00. The molecule has 2 aromatic heterocycles. The van der Waals surface area contributed by atoms with Crippen LogP contribution in [0.1, 0.15) is 30.3 Å². The van der Waals surface area contributed by atoms with Crippen LogP contribution in [0.5, 0.6) is 0 Å². The standard InChI is InChI=1S/C15H20N4O2/c1-19-8-2-4-11(19)10-16-15(20)12-5-3-9-21-14(12)13-6-7-17-18-13/h2,4,6-8,12,14H,3,5,9-10H2,1H3,(H,16,20)(H,17,18)/t12-,14-/m1/s1. The normalized spacial score (nSPS) is 22.1. The first-order chi connectivity index (χ1) is 10.3. The Morgan fingerprint density at radius 3 is 3.19 bits per heavy atom. The second-order valence-corrected chi connectivity index (χ2v) is 5.38. The number of aromatic nitrogens is 3. The van der Waals surface area contributed by atoms with Crippen molar-refractivity contribution in [2.24, 2.45) is 13.0 Å². The molecule has 2 aromatic rings. The fraction of sp³-hybridized carbons (Fsp3) is 0.467. The molecule has 112 valence electrons. The van der Waals surface area contributed by atoms with E-state index in [0.717, 1.165) is 24.2 Å². The highest BCUT2D eigenvalue weighted by molar-refractivity contribution is 5.79. The zero-order chi connectivity index (χ0) is 14.7. The van der Waals surface area contributed by atoms with Gasteiger partial charge in [-0.15, -0.1) is 0 Å². The Morgan fingerprint density at radius 2 is 2.48 bits per heavy atom. The maximum Gasteiger partial charge on any atom is 0.226 e. The van der Waals surface area contributed by atoms with Gasteiger partial charge >= 0.3 is 0 Å². The van der Waals surface area contributed by atoms with Crippen molar-refractivity contribution in [3.63, 3.8) is 0 Å². The van der Waals surface area contributed by atoms with Crippen molar-refractivity contribution in [3.05, 3.63) is 42.0 Å². The lowest BCUT2D eigenvalue weighted by Gasteiger charge is -2.30. The summed E-state index contributed by atoms with van der Waals surface area (Å²) in [4.78, 5) is 12.5. The molecule has 2 N–H and O–H groups in total. The van der Waals surface area contributed by atoms with Crippen molar-refractivity contribution in [3.8, 4) is 0 Å². The molecule has 0 saturated carbocycles. The first kappa shape index (κ1) is 13.9. The Balaban J connectivity index is 1.65. The molecule has 21 heavy (non-hydrogen) atoms. The highest BCUT2D eigenvalue weighted by Crippen LogP contribution is 2.32. The summed E-state index contributed by atoms with van der Waals surface area (Å²) in [6.45, 7) is 1.22. The minimum Gasteiger partial charge on any atom is -0.371 e. The number of H-pyrrole nitrogens is 1.